The van der Waals surface area contributed by atoms with Crippen LogP contribution in [0.5, 0.6) is 0 Å². The minimum Gasteiger partial charge on any atom is -2.00 e. The number of rotatable bonds is 3. The Morgan fingerprint density at radius 1 is 0.500 bits per heavy atom. The van der Waals surface area contributed by atoms with Crippen LogP contribution in [0.2, 0.25) is 0 Å². The first kappa shape index (κ1) is 59.1. The summed E-state index contributed by atoms with van der Waals surface area (Å²) in [6, 6.07) is 0. The molecule has 13 nitrogen and oxygen atoms in total. The Kier molecular flexibility index (Phi) is 72.2. The molecule has 0 spiro atoms. The van der Waals surface area contributed by atoms with Gasteiger partial charge >= 0.3 is 0 Å². The minimum atomic E-state index is 0. The van der Waals surface area contributed by atoms with Gasteiger partial charge in [0.05, 0.1) is 40.8 Å². The van der Waals surface area contributed by atoms with Crippen LogP contribution < -0.4 is 13.7 Å². The number of hydrogen-bond donors (Lipinski definition) is 0. The predicted molar refractivity (Wildman–Crippen MR) is 175 cm³/mol. The van der Waals surface area contributed by atoms with E-state index in [1.807, 2.05) is 53.4 Å². The molecule has 3 aromatic rings. The fraction of sp³-hybridized carbons (Fsp3) is 0.391. The summed E-state index contributed by atoms with van der Waals surface area (Å²) in [7, 11) is 6.06. The molecule has 0 bridgehead atoms. The summed E-state index contributed by atoms with van der Waals surface area (Å²) < 4.78 is 12.5. The van der Waals surface area contributed by atoms with Gasteiger partial charge in [0.1, 0.15) is 37.2 Å². The molecule has 0 aliphatic carbocycles. The van der Waals surface area contributed by atoms with Crippen LogP contribution in [0.3, 0.4) is 0 Å². The van der Waals surface area contributed by atoms with Gasteiger partial charge in [0.15, 0.2) is 0 Å². The molecule has 42 heavy (non-hydrogen) atoms. The van der Waals surface area contributed by atoms with Gasteiger partial charge in [-0.3, -0.25) is 0 Å². The maximum atomic E-state index is 7.13. The van der Waals surface area contributed by atoms with Crippen LogP contribution in [0, 0.1) is 31.1 Å². The Hall–Kier alpha value is -2.40. The Morgan fingerprint density at radius 2 is 0.643 bits per heavy atom. The van der Waals surface area contributed by atoms with Crippen molar-refractivity contribution in [2.45, 2.75) is 40.4 Å². The monoisotopic (exact) mass is 893 g/mol. The molecule has 3 heterocycles. The van der Waals surface area contributed by atoms with Crippen molar-refractivity contribution in [3.8, 4) is 0 Å². The van der Waals surface area contributed by atoms with E-state index in [2.05, 4.69) is 133 Å². The van der Waals surface area contributed by atoms with Crippen LogP contribution in [-0.4, -0.2) is 39.5 Å². The van der Waals surface area contributed by atoms with Gasteiger partial charge in [0.25, 0.3) is 0 Å². The van der Waals surface area contributed by atoms with E-state index in [0.717, 1.165) is 19.6 Å². The predicted octanol–water partition coefficient (Wildman–Crippen LogP) is 4.05. The Balaban J connectivity index is -0.0000000545. The van der Waals surface area contributed by atoms with E-state index in [1.54, 1.807) is 0 Å². The topological polar surface area (TPSA) is 195 Å². The van der Waals surface area contributed by atoms with Crippen molar-refractivity contribution in [1.82, 2.24) is 13.7 Å². The van der Waals surface area contributed by atoms with Gasteiger partial charge in [0.2, 0.25) is 19.0 Å². The molecule has 0 unspecified atom stereocenters. The summed E-state index contributed by atoms with van der Waals surface area (Å²) >= 11 is 18.5. The van der Waals surface area contributed by atoms with Crippen molar-refractivity contribution >= 4 is 86.9 Å². The molecule has 19 heteroatoms. The van der Waals surface area contributed by atoms with Crippen molar-refractivity contribution in [3.63, 3.8) is 0 Å². The molecular weight excluding hydrogens is 861 g/mol. The van der Waals surface area contributed by atoms with Gasteiger partial charge in [-0.1, -0.05) is 61.1 Å². The molecule has 0 amide bonds. The zero-order chi connectivity index (χ0) is 31.5. The van der Waals surface area contributed by atoms with Crippen LogP contribution in [0.15, 0.2) is 56.2 Å². The molecule has 0 saturated carbocycles. The number of isothiocyanates is 5. The van der Waals surface area contributed by atoms with Gasteiger partial charge in [-0.15, -0.1) is 0 Å². The largest absolute Gasteiger partial charge is 2.00 e. The summed E-state index contributed by atoms with van der Waals surface area (Å²) in [6.45, 7) is 9.54. The van der Waals surface area contributed by atoms with Crippen LogP contribution in [0.4, 0.5) is 0 Å². The first-order valence-corrected chi connectivity index (χ1v) is 12.7. The number of nitrogens with zero attached hydrogens (tertiary/aromatic N) is 11. The summed E-state index contributed by atoms with van der Waals surface area (Å²) in [5, 5.41) is 42.3. The standard InChI is InChI=1S/3C6H11N2.5CNS.2O.U/c3*1-3-8-5-4-7(2)6-8;5*2-1-3;;;/h3*4-6H,3H2,1-2H3;;;;;;;;/q3*+1;5*-1;2*-2;. The zero-order valence-corrected chi connectivity index (χ0v) is 32.3. The van der Waals surface area contributed by atoms with E-state index in [0.29, 0.717) is 0 Å². The molecule has 0 aliphatic heterocycles. The fourth-order valence-electron chi connectivity index (χ4n) is 2.07. The molecule has 0 N–H and O–H groups in total. The number of aromatic nitrogens is 6. The van der Waals surface area contributed by atoms with Crippen LogP contribution in [-0.2, 0) is 51.7 Å². The molecule has 0 aromatic carbocycles. The Morgan fingerprint density at radius 3 is 0.690 bits per heavy atom. The Labute approximate surface area is 298 Å². The van der Waals surface area contributed by atoms with Gasteiger partial charge in [-0.05, 0) is 20.8 Å². The number of thiocarbonyl (C=S) groups is 5. The normalized spacial score (nSPS) is 6.52. The van der Waals surface area contributed by atoms with Crippen LogP contribution >= 0.6 is 61.1 Å². The van der Waals surface area contributed by atoms with Crippen molar-refractivity contribution in [1.29, 1.82) is 0 Å². The van der Waals surface area contributed by atoms with E-state index in [9.17, 15) is 0 Å². The molecule has 0 atom stereocenters. The van der Waals surface area contributed by atoms with Crippen molar-refractivity contribution in [2.24, 2.45) is 21.1 Å². The smallest absolute Gasteiger partial charge is 0.243 e. The second-order valence-corrected chi connectivity index (χ2v) is 7.10. The number of imidazole rings is 3. The van der Waals surface area contributed by atoms with Crippen LogP contribution in [0.25, 0.3) is 27.0 Å². The third kappa shape index (κ3) is 53.8. The van der Waals surface area contributed by atoms with Gasteiger partial charge in [-0.25, -0.2) is 27.4 Å². The summed E-state index contributed by atoms with van der Waals surface area (Å²) in [5.41, 5.74) is 0. The van der Waals surface area contributed by atoms with E-state index < -0.39 is 0 Å². The molecule has 232 valence electrons. The second-order valence-electron chi connectivity index (χ2n) is 6.19. The van der Waals surface area contributed by atoms with Crippen molar-refractivity contribution in [3.05, 3.63) is 83.2 Å². The molecule has 0 aliphatic rings. The summed E-state index contributed by atoms with van der Waals surface area (Å²) in [4.78, 5) is 0. The third-order valence-corrected chi connectivity index (χ3v) is 3.57. The average molecular weight is 894 g/mol. The molecule has 0 saturated heterocycles. The van der Waals surface area contributed by atoms with E-state index >= 15 is 0 Å². The van der Waals surface area contributed by atoms with Gasteiger partial charge in [-0.2, -0.15) is 25.8 Å². The summed E-state index contributed by atoms with van der Waals surface area (Å²) in [5.74, 6) is 0. The number of aryl methyl sites for hydroxylation is 6. The third-order valence-electron chi connectivity index (χ3n) is 3.57. The molecule has 3 aromatic heterocycles. The van der Waals surface area contributed by atoms with E-state index in [1.165, 1.54) is 25.8 Å². The fourth-order valence-corrected chi connectivity index (χ4v) is 2.07. The van der Waals surface area contributed by atoms with Gasteiger partial charge < -0.3 is 38.0 Å². The zero-order valence-electron chi connectivity index (χ0n) is 24.1. The second kappa shape index (κ2) is 51.4. The SMILES string of the molecule is CCn1cc[n+](C)c1.CCn1cc[n+](C)c1.CCn1cc[n+](C)c1.[N-]=C=S.[N-]=C=S.[N-]=C=S.[N-]=C=S.[N-]=C=S.[O-2].[O-2].[U]. The maximum Gasteiger partial charge on any atom is 0.243 e. The first-order chi connectivity index (χ1) is 18.5. The Bertz CT molecular complexity index is 988. The molecule has 3 rings (SSSR count). The van der Waals surface area contributed by atoms with E-state index in [-0.39, 0.29) is 42.1 Å². The van der Waals surface area contributed by atoms with Gasteiger partial charge in [0, 0.05) is 31.1 Å². The summed E-state index contributed by atoms with van der Waals surface area (Å²) in [6.07, 6.45) is 18.4. The first-order valence-electron chi connectivity index (χ1n) is 10.6. The molecule has 0 radical (unpaired) electrons. The average Bonchev–Trinajstić information content (AvgIpc) is 3.63. The van der Waals surface area contributed by atoms with Crippen molar-refractivity contribution < 1.29 is 55.8 Å². The maximum absolute atomic E-state index is 7.13. The molecular formula is C23H33N11O2S5U-6. The quantitative estimate of drug-likeness (QED) is 0.217. The molecule has 0 fully saturated rings. The van der Waals surface area contributed by atoms with Crippen LogP contribution in [0.1, 0.15) is 20.8 Å². The minimum absolute atomic E-state index is 0. The number of hydrogen-bond acceptors (Lipinski definition) is 5. The van der Waals surface area contributed by atoms with Crippen molar-refractivity contribution in [2.75, 3.05) is 0 Å². The van der Waals surface area contributed by atoms with E-state index in [4.69, 9.17) is 27.0 Å².